The Labute approximate surface area is 392 Å². The molecule has 3 spiro atoms. The number of hydrogen-bond donors (Lipinski definition) is 7. The van der Waals surface area contributed by atoms with Crippen molar-refractivity contribution < 1.29 is 34.7 Å². The maximum atomic E-state index is 13.3. The lowest BCUT2D eigenvalue weighted by Gasteiger charge is -2.62. The number of Topliss-reactive ketones (excluding diaryl/α,β-unsaturated/α-hetero) is 1. The predicted molar refractivity (Wildman–Crippen MR) is 254 cm³/mol. The molecule has 8 aliphatic rings. The summed E-state index contributed by atoms with van der Waals surface area (Å²) in [4.78, 5) is 17.1. The molecular formula is C56H64N4O7. The first-order valence-electron chi connectivity index (χ1n) is 25.3. The van der Waals surface area contributed by atoms with Gasteiger partial charge in [-0.3, -0.25) is 10.1 Å². The Morgan fingerprint density at radius 2 is 1.67 bits per heavy atom. The fourth-order valence-electron chi connectivity index (χ4n) is 15.3. The summed E-state index contributed by atoms with van der Waals surface area (Å²) in [5, 5.41) is 50.6. The normalized spacial score (nSPS) is 31.7. The van der Waals surface area contributed by atoms with Gasteiger partial charge in [-0.25, -0.2) is 0 Å². The van der Waals surface area contributed by atoms with Crippen molar-refractivity contribution in [3.63, 3.8) is 0 Å². The van der Waals surface area contributed by atoms with E-state index in [1.807, 2.05) is 19.1 Å². The van der Waals surface area contributed by atoms with E-state index in [0.29, 0.717) is 23.7 Å². The molecule has 11 heteroatoms. The number of phenolic OH excluding ortho intramolecular Hbond substituents is 1. The number of fused-ring (bicyclic) bond motifs is 9. The molecule has 0 saturated heterocycles. The number of carbonyl (C=O) groups is 1. The average molecular weight is 905 g/mol. The number of H-pyrrole nitrogens is 1. The van der Waals surface area contributed by atoms with Gasteiger partial charge in [-0.15, -0.1) is 0 Å². The molecule has 3 fully saturated rings. The number of hydrogen-bond acceptors (Lipinski definition) is 9. The van der Waals surface area contributed by atoms with Crippen LogP contribution in [0.25, 0.3) is 10.9 Å². The van der Waals surface area contributed by atoms with Crippen LogP contribution in [0.2, 0.25) is 0 Å². The van der Waals surface area contributed by atoms with Crippen LogP contribution in [0.4, 0.5) is 0 Å². The third kappa shape index (κ3) is 6.70. The summed E-state index contributed by atoms with van der Waals surface area (Å²) in [6.45, 7) is 2.86. The van der Waals surface area contributed by atoms with E-state index in [0.717, 1.165) is 67.1 Å². The zero-order valence-corrected chi connectivity index (χ0v) is 38.5. The number of allylic oxidation sites excluding steroid dienone is 1. The Kier molecular flexibility index (Phi) is 10.5. The van der Waals surface area contributed by atoms with Crippen LogP contribution in [-0.4, -0.2) is 54.5 Å². The number of aromatic amines is 1. The average Bonchev–Trinajstić information content (AvgIpc) is 4.17. The number of aliphatic hydroxyl groups is 3. The van der Waals surface area contributed by atoms with Crippen LogP contribution in [0, 0.1) is 57.9 Å². The summed E-state index contributed by atoms with van der Waals surface area (Å²) in [6, 6.07) is 7.54. The van der Waals surface area contributed by atoms with Gasteiger partial charge in [0.1, 0.15) is 23.7 Å². The first-order valence-corrected chi connectivity index (χ1v) is 25.3. The molecule has 3 saturated carbocycles. The van der Waals surface area contributed by atoms with E-state index in [2.05, 4.69) is 69.5 Å². The van der Waals surface area contributed by atoms with E-state index in [4.69, 9.17) is 15.2 Å². The van der Waals surface area contributed by atoms with Crippen LogP contribution in [0.1, 0.15) is 167 Å². The predicted octanol–water partition coefficient (Wildman–Crippen LogP) is 8.57. The van der Waals surface area contributed by atoms with E-state index in [1.165, 1.54) is 61.3 Å². The monoisotopic (exact) mass is 904 g/mol. The smallest absolute Gasteiger partial charge is 0.191 e. The van der Waals surface area contributed by atoms with Gasteiger partial charge < -0.3 is 45.2 Å². The van der Waals surface area contributed by atoms with Crippen molar-refractivity contribution in [2.75, 3.05) is 6.54 Å². The Bertz CT molecular complexity index is 2780. The number of benzene rings is 2. The molecule has 8 N–H and O–H groups in total. The van der Waals surface area contributed by atoms with E-state index in [1.54, 1.807) is 6.07 Å². The van der Waals surface area contributed by atoms with E-state index in [-0.39, 0.29) is 65.4 Å². The highest BCUT2D eigenvalue weighted by Gasteiger charge is 2.66. The minimum atomic E-state index is -1.07. The van der Waals surface area contributed by atoms with E-state index >= 15 is 0 Å². The molecule has 5 aliphatic carbocycles. The molecule has 11 nitrogen and oxygen atoms in total. The van der Waals surface area contributed by atoms with Crippen LogP contribution < -0.4 is 20.5 Å². The van der Waals surface area contributed by atoms with Crippen molar-refractivity contribution in [3.8, 4) is 41.1 Å². The van der Waals surface area contributed by atoms with Crippen molar-refractivity contribution in [3.05, 3.63) is 88.4 Å². The summed E-state index contributed by atoms with van der Waals surface area (Å²) in [5.41, 5.74) is 13.8. The number of aliphatic hydroxyl groups excluding tert-OH is 3. The van der Waals surface area contributed by atoms with Crippen molar-refractivity contribution in [2.24, 2.45) is 39.7 Å². The Hall–Kier alpha value is -5.01. The first-order chi connectivity index (χ1) is 32.5. The van der Waals surface area contributed by atoms with Gasteiger partial charge in [0.2, 0.25) is 0 Å². The molecule has 5 heterocycles. The highest BCUT2D eigenvalue weighted by molar-refractivity contribution is 5.85. The van der Waals surface area contributed by atoms with Crippen LogP contribution in [0.3, 0.4) is 0 Å². The van der Waals surface area contributed by atoms with Gasteiger partial charge in [0.05, 0.1) is 35.2 Å². The highest BCUT2D eigenvalue weighted by Crippen LogP contribution is 2.75. The van der Waals surface area contributed by atoms with Gasteiger partial charge in [-0.2, -0.15) is 0 Å². The second-order valence-corrected chi connectivity index (χ2v) is 21.8. The summed E-state index contributed by atoms with van der Waals surface area (Å²) in [7, 11) is 0. The van der Waals surface area contributed by atoms with Gasteiger partial charge in [0, 0.05) is 67.2 Å². The van der Waals surface area contributed by atoms with Gasteiger partial charge in [-0.1, -0.05) is 87.5 Å². The van der Waals surface area contributed by atoms with Crippen molar-refractivity contribution in [1.82, 2.24) is 14.9 Å². The SMILES string of the molecule is C[C@H]1C=C[C@@H]([C@@H](O)CC(=O)CCc2cc3c(cc2O)OC#CC2(CCCC2)[C@@H]2C#C[C@@H](O)c4ccc5c6c4[C@@H](c4c[nH]c7cn(cc47)[C@@H]2O3)C2(CCCC2)C2(CCCC2)[C@H]6CN[C@H]5N)[C@@H](O)C1. The molecule has 3 aliphatic heterocycles. The van der Waals surface area contributed by atoms with Gasteiger partial charge in [0.25, 0.3) is 0 Å². The molecule has 0 radical (unpaired) electrons. The summed E-state index contributed by atoms with van der Waals surface area (Å²) in [5.74, 6) is 10.7. The number of nitrogens with zero attached hydrogens (tertiary/aromatic N) is 1. The lowest BCUT2D eigenvalue weighted by molar-refractivity contribution is -0.122. The Balaban J connectivity index is 0.975. The fourth-order valence-corrected chi connectivity index (χ4v) is 15.3. The molecule has 0 unspecified atom stereocenters. The molecule has 2 bridgehead atoms. The van der Waals surface area contributed by atoms with E-state index < -0.39 is 41.8 Å². The van der Waals surface area contributed by atoms with Crippen molar-refractivity contribution in [2.45, 2.75) is 152 Å². The Morgan fingerprint density at radius 1 is 0.925 bits per heavy atom. The zero-order valence-electron chi connectivity index (χ0n) is 38.5. The topological polar surface area (TPSA) is 175 Å². The highest BCUT2D eigenvalue weighted by atomic mass is 16.5. The van der Waals surface area contributed by atoms with Gasteiger partial charge in [-0.05, 0) is 108 Å². The quantitative estimate of drug-likeness (QED) is 0.0739. The van der Waals surface area contributed by atoms with Crippen molar-refractivity contribution in [1.29, 1.82) is 0 Å². The van der Waals surface area contributed by atoms with Gasteiger partial charge >= 0.3 is 0 Å². The minimum Gasteiger partial charge on any atom is -0.508 e. The number of phenols is 1. The van der Waals surface area contributed by atoms with Crippen molar-refractivity contribution >= 4 is 16.7 Å². The lowest BCUT2D eigenvalue weighted by atomic mass is 9.43. The van der Waals surface area contributed by atoms with Crippen LogP contribution in [0.5, 0.6) is 17.2 Å². The molecule has 2 aromatic carbocycles. The summed E-state index contributed by atoms with van der Waals surface area (Å²) in [6.07, 6.45) is 23.4. The number of aryl methyl sites for hydroxylation is 1. The minimum absolute atomic E-state index is 0.00609. The number of ether oxygens (including phenoxy) is 2. The Morgan fingerprint density at radius 3 is 2.45 bits per heavy atom. The number of carbonyl (C=O) groups excluding carboxylic acids is 1. The number of nitrogens with one attached hydrogen (secondary N) is 2. The van der Waals surface area contributed by atoms with Crippen LogP contribution in [-0.2, 0) is 11.2 Å². The fraction of sp³-hybridized carbons (Fsp3) is 0.554. The molecule has 67 heavy (non-hydrogen) atoms. The molecule has 350 valence electrons. The van der Waals surface area contributed by atoms with Crippen LogP contribution >= 0.6 is 0 Å². The largest absolute Gasteiger partial charge is 0.508 e. The molecule has 2 aromatic heterocycles. The molecule has 0 amide bonds. The number of ketones is 1. The van der Waals surface area contributed by atoms with Gasteiger partial charge in [0.15, 0.2) is 17.7 Å². The number of aromatic hydroxyl groups is 1. The molecule has 12 rings (SSSR count). The maximum absolute atomic E-state index is 13.3. The molecule has 10 atom stereocenters. The number of nitrogens with two attached hydrogens (primary N) is 1. The first kappa shape index (κ1) is 43.3. The lowest BCUT2D eigenvalue weighted by Crippen LogP contribution is -2.56. The number of rotatable bonds is 6. The number of aromatic nitrogens is 2. The third-order valence-electron chi connectivity index (χ3n) is 18.4. The standard InChI is InChI=1S/C56H64N4O7/c1-32-8-11-35(45(64)24-32)46(65)26-34(61)10-9-33-25-48-47(27-44(33)63)66-23-22-54(16-2-3-17-54)40-14-15-43(62)36-12-13-37-49-41(29-59-52(37)57)55(18-4-5-19-55)56(20-6-7-21-56)51(50(36)49)38-28-58-42-31-60(30-39(38)42)53(40)67-48/h8,11-13,25,27-28,30-32,35,40-41,43,45-46,51-53,58-59,62-65H,2-7,9-10,16-21,24,26,29,57H2,1H3/t32-,35+,40+,41-,43+,45-,46-,51+,52+,53+/m0/s1. The summed E-state index contributed by atoms with van der Waals surface area (Å²) >= 11 is 0. The molecule has 4 aromatic rings. The zero-order chi connectivity index (χ0) is 45.8. The van der Waals surface area contributed by atoms with Crippen LogP contribution in [0.15, 0.2) is 55.0 Å². The molecular weight excluding hydrogens is 841 g/mol. The second-order valence-electron chi connectivity index (χ2n) is 21.8. The second kappa shape index (κ2) is 16.3. The maximum Gasteiger partial charge on any atom is 0.191 e. The third-order valence-corrected chi connectivity index (χ3v) is 18.4. The van der Waals surface area contributed by atoms with E-state index in [9.17, 15) is 25.2 Å². The summed E-state index contributed by atoms with van der Waals surface area (Å²) < 4.78 is 15.6.